The molecule has 11 nitrogen and oxygen atoms in total. The molecule has 1 saturated heterocycles. The fourth-order valence-electron chi connectivity index (χ4n) is 12.1. The van der Waals surface area contributed by atoms with E-state index >= 15 is 0 Å². The number of carbonyl (C=O) groups excluding carboxylic acids is 2. The van der Waals surface area contributed by atoms with Crippen molar-refractivity contribution in [2.45, 2.75) is 423 Å². The standard InChI is InChI=1S/C75H143NO10/c1-3-5-7-9-11-13-14-15-16-33-37-40-43-47-51-55-59-63-71(80)84-64-60-56-52-48-44-41-38-35-32-30-28-26-24-22-20-18-17-19-21-23-25-27-29-31-34-36-39-42-46-50-54-58-62-70(79)76-67(68(78)61-57-53-49-45-12-10-8-6-4-2)66-85-75-74(83)73(82)72(81)69(65-77)86-75/h20,22,57,61,67-69,72-75,77-78,81-83H,3-19,21,23-56,58-60,62-66H2,1-2H3,(H,76,79)/b22-20-,61-57+. The van der Waals surface area contributed by atoms with Gasteiger partial charge in [-0.1, -0.05) is 334 Å². The summed E-state index contributed by atoms with van der Waals surface area (Å²) >= 11 is 0. The summed E-state index contributed by atoms with van der Waals surface area (Å²) in [5, 5.41) is 54.3. The van der Waals surface area contributed by atoms with Crippen LogP contribution in [0.5, 0.6) is 0 Å². The summed E-state index contributed by atoms with van der Waals surface area (Å²) < 4.78 is 16.7. The molecule has 1 aliphatic heterocycles. The monoisotopic (exact) mass is 1220 g/mol. The van der Waals surface area contributed by atoms with E-state index in [1.54, 1.807) is 6.08 Å². The van der Waals surface area contributed by atoms with Crippen molar-refractivity contribution in [1.29, 1.82) is 0 Å². The van der Waals surface area contributed by atoms with E-state index in [1.807, 2.05) is 6.08 Å². The average Bonchev–Trinajstić information content (AvgIpc) is 3.70. The summed E-state index contributed by atoms with van der Waals surface area (Å²) in [6.45, 7) is 4.36. The highest BCUT2D eigenvalue weighted by molar-refractivity contribution is 5.76. The summed E-state index contributed by atoms with van der Waals surface area (Å²) in [4.78, 5) is 25.1. The number of nitrogens with one attached hydrogen (secondary N) is 1. The normalized spacial score (nSPS) is 18.0. The molecule has 1 heterocycles. The number of unbranched alkanes of at least 4 members (excludes halogenated alkanes) is 51. The number of amides is 1. The molecule has 86 heavy (non-hydrogen) atoms. The Morgan fingerprint density at radius 1 is 0.419 bits per heavy atom. The number of hydrogen-bond donors (Lipinski definition) is 6. The van der Waals surface area contributed by atoms with Crippen LogP contribution in [0.2, 0.25) is 0 Å². The second-order valence-corrected chi connectivity index (χ2v) is 26.4. The second kappa shape index (κ2) is 64.7. The quantitative estimate of drug-likeness (QED) is 0.0195. The molecule has 0 saturated carbocycles. The van der Waals surface area contributed by atoms with Crippen molar-refractivity contribution >= 4 is 11.9 Å². The molecule has 7 atom stereocenters. The van der Waals surface area contributed by atoms with Crippen LogP contribution in [0.3, 0.4) is 0 Å². The van der Waals surface area contributed by atoms with Crippen LogP contribution in [0, 0.1) is 0 Å². The van der Waals surface area contributed by atoms with Crippen LogP contribution in [0.4, 0.5) is 0 Å². The number of carbonyl (C=O) groups is 2. The minimum absolute atomic E-state index is 0.0153. The number of allylic oxidation sites excluding steroid dienone is 3. The zero-order chi connectivity index (χ0) is 62.3. The van der Waals surface area contributed by atoms with Crippen molar-refractivity contribution in [3.8, 4) is 0 Å². The highest BCUT2D eigenvalue weighted by atomic mass is 16.7. The van der Waals surface area contributed by atoms with Gasteiger partial charge in [-0.15, -0.1) is 0 Å². The molecular formula is C75H143NO10. The lowest BCUT2D eigenvalue weighted by molar-refractivity contribution is -0.302. The molecule has 7 unspecified atom stereocenters. The summed E-state index contributed by atoms with van der Waals surface area (Å²) in [6, 6.07) is -0.806. The van der Waals surface area contributed by atoms with E-state index in [4.69, 9.17) is 14.2 Å². The van der Waals surface area contributed by atoms with Gasteiger partial charge >= 0.3 is 5.97 Å². The van der Waals surface area contributed by atoms with E-state index in [9.17, 15) is 35.1 Å². The lowest BCUT2D eigenvalue weighted by Gasteiger charge is -2.40. The first-order chi connectivity index (χ1) is 42.2. The molecular weight excluding hydrogens is 1070 g/mol. The third kappa shape index (κ3) is 52.9. The third-order valence-corrected chi connectivity index (χ3v) is 18.1. The molecule has 0 aromatic carbocycles. The van der Waals surface area contributed by atoms with E-state index in [2.05, 4.69) is 31.3 Å². The second-order valence-electron chi connectivity index (χ2n) is 26.4. The van der Waals surface area contributed by atoms with Gasteiger partial charge < -0.3 is 45.1 Å². The number of aliphatic hydroxyl groups is 5. The van der Waals surface area contributed by atoms with Gasteiger partial charge in [-0.05, 0) is 57.8 Å². The molecule has 0 aromatic heterocycles. The highest BCUT2D eigenvalue weighted by Gasteiger charge is 2.44. The molecule has 1 fully saturated rings. The molecule has 0 bridgehead atoms. The van der Waals surface area contributed by atoms with Gasteiger partial charge in [-0.3, -0.25) is 9.59 Å². The minimum atomic E-state index is -1.57. The summed E-state index contributed by atoms with van der Waals surface area (Å²) in [6.07, 6.45) is 72.1. The number of aliphatic hydroxyl groups excluding tert-OH is 5. The van der Waals surface area contributed by atoms with Gasteiger partial charge in [0.2, 0.25) is 5.91 Å². The van der Waals surface area contributed by atoms with Crippen LogP contribution < -0.4 is 5.32 Å². The van der Waals surface area contributed by atoms with Crippen molar-refractivity contribution in [3.05, 3.63) is 24.3 Å². The first kappa shape index (κ1) is 82.2. The zero-order valence-corrected chi connectivity index (χ0v) is 56.6. The molecule has 0 spiro atoms. The van der Waals surface area contributed by atoms with Crippen molar-refractivity contribution in [2.75, 3.05) is 19.8 Å². The maximum atomic E-state index is 13.0. The molecule has 0 aliphatic carbocycles. The van der Waals surface area contributed by atoms with Gasteiger partial charge in [0.05, 0.1) is 32.0 Å². The molecule has 6 N–H and O–H groups in total. The molecule has 0 radical (unpaired) electrons. The average molecular weight is 1220 g/mol. The predicted octanol–water partition coefficient (Wildman–Crippen LogP) is 19.6. The van der Waals surface area contributed by atoms with Gasteiger partial charge in [0.25, 0.3) is 0 Å². The predicted molar refractivity (Wildman–Crippen MR) is 361 cm³/mol. The summed E-state index contributed by atoms with van der Waals surface area (Å²) in [5.74, 6) is -0.164. The SMILES string of the molecule is CCCCCCCCC/C=C/C(O)C(COC1OC(CO)C(O)C(O)C1O)NC(=O)CCCCCCCCCCCCCCCCCC/C=C\CCCCCCCCCCCCCCOC(=O)CCCCCCCCCCCCCCCCCCC. The fraction of sp³-hybridized carbons (Fsp3) is 0.920. The third-order valence-electron chi connectivity index (χ3n) is 18.1. The Hall–Kier alpha value is -1.86. The number of hydrogen-bond acceptors (Lipinski definition) is 10. The Bertz CT molecular complexity index is 1480. The Labute approximate surface area is 531 Å². The van der Waals surface area contributed by atoms with Crippen LogP contribution in [-0.4, -0.2) is 100 Å². The minimum Gasteiger partial charge on any atom is -0.466 e. The Balaban J connectivity index is 1.88. The van der Waals surface area contributed by atoms with E-state index in [1.165, 1.54) is 302 Å². The first-order valence-electron chi connectivity index (χ1n) is 37.6. The summed E-state index contributed by atoms with van der Waals surface area (Å²) in [5.41, 5.74) is 0. The van der Waals surface area contributed by atoms with Gasteiger partial charge in [0.15, 0.2) is 6.29 Å². The smallest absolute Gasteiger partial charge is 0.305 e. The van der Waals surface area contributed by atoms with Crippen LogP contribution in [0.1, 0.15) is 380 Å². The zero-order valence-electron chi connectivity index (χ0n) is 56.6. The van der Waals surface area contributed by atoms with E-state index < -0.39 is 49.5 Å². The lowest BCUT2D eigenvalue weighted by Crippen LogP contribution is -2.60. The Morgan fingerprint density at radius 2 is 0.744 bits per heavy atom. The van der Waals surface area contributed by atoms with Crippen molar-refractivity contribution in [1.82, 2.24) is 5.32 Å². The highest BCUT2D eigenvalue weighted by Crippen LogP contribution is 2.24. The van der Waals surface area contributed by atoms with Gasteiger partial charge in [0, 0.05) is 12.8 Å². The molecule has 11 heteroatoms. The Kier molecular flexibility index (Phi) is 61.8. The Morgan fingerprint density at radius 3 is 1.12 bits per heavy atom. The topological polar surface area (TPSA) is 175 Å². The molecule has 508 valence electrons. The van der Waals surface area contributed by atoms with Gasteiger partial charge in [-0.25, -0.2) is 0 Å². The molecule has 1 amide bonds. The van der Waals surface area contributed by atoms with Crippen LogP contribution in [-0.2, 0) is 23.8 Å². The number of ether oxygens (including phenoxy) is 3. The molecule has 1 rings (SSSR count). The van der Waals surface area contributed by atoms with Crippen molar-refractivity contribution in [3.63, 3.8) is 0 Å². The number of esters is 1. The van der Waals surface area contributed by atoms with Crippen molar-refractivity contribution in [2.24, 2.45) is 0 Å². The first-order valence-corrected chi connectivity index (χ1v) is 37.6. The van der Waals surface area contributed by atoms with Crippen LogP contribution >= 0.6 is 0 Å². The maximum Gasteiger partial charge on any atom is 0.305 e. The van der Waals surface area contributed by atoms with Crippen LogP contribution in [0.25, 0.3) is 0 Å². The van der Waals surface area contributed by atoms with Crippen molar-refractivity contribution < 1.29 is 49.3 Å². The largest absolute Gasteiger partial charge is 0.466 e. The van der Waals surface area contributed by atoms with E-state index in [-0.39, 0.29) is 18.5 Å². The molecule has 0 aromatic rings. The van der Waals surface area contributed by atoms with E-state index in [0.29, 0.717) is 19.4 Å². The number of rotatable bonds is 67. The molecule has 1 aliphatic rings. The van der Waals surface area contributed by atoms with Crippen LogP contribution in [0.15, 0.2) is 24.3 Å². The van der Waals surface area contributed by atoms with Gasteiger partial charge in [0.1, 0.15) is 24.4 Å². The summed E-state index contributed by atoms with van der Waals surface area (Å²) in [7, 11) is 0. The lowest BCUT2D eigenvalue weighted by atomic mass is 9.99. The maximum absolute atomic E-state index is 13.0. The fourth-order valence-corrected chi connectivity index (χ4v) is 12.1. The van der Waals surface area contributed by atoms with Gasteiger partial charge in [-0.2, -0.15) is 0 Å². The van der Waals surface area contributed by atoms with E-state index in [0.717, 1.165) is 51.4 Å².